The Morgan fingerprint density at radius 3 is 1.97 bits per heavy atom. The summed E-state index contributed by atoms with van der Waals surface area (Å²) in [5.41, 5.74) is 2.78. The maximum atomic E-state index is 13.4. The molecule has 2 atom stereocenters. The van der Waals surface area contributed by atoms with Crippen molar-refractivity contribution in [3.8, 4) is 5.75 Å². The zero-order chi connectivity index (χ0) is 24.3. The van der Waals surface area contributed by atoms with E-state index in [-0.39, 0.29) is 24.3 Å². The first kappa shape index (κ1) is 24.8. The van der Waals surface area contributed by atoms with Crippen LogP contribution in [-0.4, -0.2) is 25.2 Å². The second-order valence-electron chi connectivity index (χ2n) is 8.43. The van der Waals surface area contributed by atoms with Crippen LogP contribution < -0.4 is 15.4 Å². The van der Waals surface area contributed by atoms with Gasteiger partial charge < -0.3 is 20.1 Å². The number of amides is 2. The minimum atomic E-state index is -0.819. The lowest BCUT2D eigenvalue weighted by Crippen LogP contribution is -2.51. The number of ether oxygens (including phenoxy) is 2. The fourth-order valence-electron chi connectivity index (χ4n) is 3.89. The Hall–Kier alpha value is -3.80. The van der Waals surface area contributed by atoms with Crippen molar-refractivity contribution in [1.82, 2.24) is 10.6 Å². The summed E-state index contributed by atoms with van der Waals surface area (Å²) in [4.78, 5) is 26.1. The van der Waals surface area contributed by atoms with E-state index < -0.39 is 12.1 Å². The Labute approximate surface area is 201 Å². The fourth-order valence-corrected chi connectivity index (χ4v) is 3.89. The van der Waals surface area contributed by atoms with E-state index in [1.165, 1.54) is 0 Å². The summed E-state index contributed by atoms with van der Waals surface area (Å²) < 4.78 is 10.7. The normalized spacial score (nSPS) is 12.5. The fraction of sp³-hybridized carbons (Fsp3) is 0.286. The molecule has 0 fully saturated rings. The molecule has 0 bridgehead atoms. The minimum absolute atomic E-state index is 0.0651. The first-order valence-corrected chi connectivity index (χ1v) is 11.4. The lowest BCUT2D eigenvalue weighted by atomic mass is 9.82. The van der Waals surface area contributed by atoms with Gasteiger partial charge in [0.2, 0.25) is 5.91 Å². The Bertz CT molecular complexity index is 1040. The summed E-state index contributed by atoms with van der Waals surface area (Å²) in [5, 5.41) is 5.80. The van der Waals surface area contributed by atoms with Gasteiger partial charge in [-0.2, -0.15) is 0 Å². The second-order valence-corrected chi connectivity index (χ2v) is 8.43. The number of alkyl carbamates (subject to hydrolysis) is 1. The summed E-state index contributed by atoms with van der Waals surface area (Å²) in [6, 6.07) is 25.8. The molecular formula is C28H32N2O4. The first-order valence-electron chi connectivity index (χ1n) is 11.4. The van der Waals surface area contributed by atoms with Crippen LogP contribution in [0.5, 0.6) is 5.75 Å². The number of carbonyl (C=O) groups excluding carboxylic acids is 2. The van der Waals surface area contributed by atoms with Crippen molar-refractivity contribution in [2.75, 3.05) is 7.11 Å². The zero-order valence-corrected chi connectivity index (χ0v) is 19.9. The molecule has 3 aromatic carbocycles. The molecule has 0 spiro atoms. The van der Waals surface area contributed by atoms with Crippen LogP contribution >= 0.6 is 0 Å². The Morgan fingerprint density at radius 1 is 0.824 bits per heavy atom. The molecule has 0 aliphatic heterocycles. The summed E-state index contributed by atoms with van der Waals surface area (Å²) in [6.45, 7) is 4.55. The average Bonchev–Trinajstić information content (AvgIpc) is 2.87. The van der Waals surface area contributed by atoms with Crippen LogP contribution in [0, 0.1) is 5.92 Å². The van der Waals surface area contributed by atoms with E-state index in [1.54, 1.807) is 7.11 Å². The lowest BCUT2D eigenvalue weighted by Gasteiger charge is -2.30. The molecule has 0 aromatic heterocycles. The molecule has 0 radical (unpaired) electrons. The molecule has 0 heterocycles. The number of hydrogen-bond acceptors (Lipinski definition) is 4. The highest BCUT2D eigenvalue weighted by molar-refractivity contribution is 5.86. The van der Waals surface area contributed by atoms with Gasteiger partial charge in [-0.05, 0) is 34.7 Å². The summed E-state index contributed by atoms with van der Waals surface area (Å²) in [5.74, 6) is 0.253. The molecule has 0 aliphatic carbocycles. The Kier molecular flexibility index (Phi) is 9.09. The maximum Gasteiger partial charge on any atom is 0.408 e. The molecule has 34 heavy (non-hydrogen) atoms. The molecule has 6 nitrogen and oxygen atoms in total. The van der Waals surface area contributed by atoms with Gasteiger partial charge in [-0.25, -0.2) is 4.79 Å². The highest BCUT2D eigenvalue weighted by Gasteiger charge is 2.33. The highest BCUT2D eigenvalue weighted by atomic mass is 16.5. The molecule has 178 valence electrons. The van der Waals surface area contributed by atoms with Crippen molar-refractivity contribution in [3.63, 3.8) is 0 Å². The summed E-state index contributed by atoms with van der Waals surface area (Å²) in [6.07, 6.45) is -0.636. The number of rotatable bonds is 10. The van der Waals surface area contributed by atoms with Gasteiger partial charge in [-0.1, -0.05) is 86.6 Å². The number of benzene rings is 3. The van der Waals surface area contributed by atoms with Crippen molar-refractivity contribution >= 4 is 12.0 Å². The van der Waals surface area contributed by atoms with Gasteiger partial charge in [-0.3, -0.25) is 4.79 Å². The molecule has 3 rings (SSSR count). The van der Waals surface area contributed by atoms with Crippen LogP contribution in [0.4, 0.5) is 4.79 Å². The van der Waals surface area contributed by atoms with Crippen LogP contribution in [0.2, 0.25) is 0 Å². The van der Waals surface area contributed by atoms with Gasteiger partial charge in [0.05, 0.1) is 7.11 Å². The predicted octanol–water partition coefficient (Wildman–Crippen LogP) is 5.05. The standard InChI is InChI=1S/C28H32N2O4/c1-20(2)25(23-14-16-24(33-3)17-15-23)26(27(31)29-18-21-10-6-4-7-11-21)30-28(32)34-19-22-12-8-5-9-13-22/h4-17,20,25-26H,18-19H2,1-3H3,(H,29,31)(H,30,32)/t25-,26-/m1/s1. The van der Waals surface area contributed by atoms with Gasteiger partial charge in [0.1, 0.15) is 18.4 Å². The van der Waals surface area contributed by atoms with E-state index in [0.717, 1.165) is 22.4 Å². The molecular weight excluding hydrogens is 428 g/mol. The molecule has 0 unspecified atom stereocenters. The SMILES string of the molecule is COc1ccc([C@@H](C(C)C)[C@@H](NC(=O)OCc2ccccc2)C(=O)NCc2ccccc2)cc1. The third-order valence-corrected chi connectivity index (χ3v) is 5.66. The van der Waals surface area contributed by atoms with E-state index in [1.807, 2.05) is 98.8 Å². The third kappa shape index (κ3) is 7.10. The molecule has 6 heteroatoms. The highest BCUT2D eigenvalue weighted by Crippen LogP contribution is 2.30. The van der Waals surface area contributed by atoms with Crippen LogP contribution in [0.1, 0.15) is 36.5 Å². The Balaban J connectivity index is 1.79. The van der Waals surface area contributed by atoms with Gasteiger partial charge in [0.25, 0.3) is 0 Å². The smallest absolute Gasteiger partial charge is 0.408 e. The molecule has 3 aromatic rings. The number of hydrogen-bond donors (Lipinski definition) is 2. The van der Waals surface area contributed by atoms with Crippen molar-refractivity contribution in [2.45, 2.75) is 39.0 Å². The number of carbonyl (C=O) groups is 2. The van der Waals surface area contributed by atoms with Crippen LogP contribution in [-0.2, 0) is 22.7 Å². The summed E-state index contributed by atoms with van der Waals surface area (Å²) >= 11 is 0. The number of nitrogens with one attached hydrogen (secondary N) is 2. The zero-order valence-electron chi connectivity index (χ0n) is 19.9. The molecule has 0 saturated carbocycles. The van der Waals surface area contributed by atoms with Gasteiger partial charge in [-0.15, -0.1) is 0 Å². The van der Waals surface area contributed by atoms with E-state index in [9.17, 15) is 9.59 Å². The van der Waals surface area contributed by atoms with E-state index >= 15 is 0 Å². The van der Waals surface area contributed by atoms with Crippen LogP contribution in [0.25, 0.3) is 0 Å². The largest absolute Gasteiger partial charge is 0.497 e. The molecule has 2 amide bonds. The second kappa shape index (κ2) is 12.4. The van der Waals surface area contributed by atoms with Crippen molar-refractivity contribution < 1.29 is 19.1 Å². The van der Waals surface area contributed by atoms with Gasteiger partial charge in [0.15, 0.2) is 0 Å². The van der Waals surface area contributed by atoms with Crippen molar-refractivity contribution in [1.29, 1.82) is 0 Å². The predicted molar refractivity (Wildman–Crippen MR) is 132 cm³/mol. The van der Waals surface area contributed by atoms with E-state index in [0.29, 0.717) is 6.54 Å². The quantitative estimate of drug-likeness (QED) is 0.444. The minimum Gasteiger partial charge on any atom is -0.497 e. The number of methoxy groups -OCH3 is 1. The van der Waals surface area contributed by atoms with Gasteiger partial charge >= 0.3 is 6.09 Å². The van der Waals surface area contributed by atoms with Gasteiger partial charge in [0, 0.05) is 12.5 Å². The average molecular weight is 461 g/mol. The lowest BCUT2D eigenvalue weighted by molar-refractivity contribution is -0.124. The first-order chi connectivity index (χ1) is 16.5. The molecule has 0 saturated heterocycles. The van der Waals surface area contributed by atoms with Crippen molar-refractivity contribution in [3.05, 3.63) is 102 Å². The van der Waals surface area contributed by atoms with Crippen LogP contribution in [0.3, 0.4) is 0 Å². The van der Waals surface area contributed by atoms with Crippen molar-refractivity contribution in [2.24, 2.45) is 5.92 Å². The van der Waals surface area contributed by atoms with E-state index in [2.05, 4.69) is 10.6 Å². The van der Waals surface area contributed by atoms with E-state index in [4.69, 9.17) is 9.47 Å². The maximum absolute atomic E-state index is 13.4. The monoisotopic (exact) mass is 460 g/mol. The molecule has 2 N–H and O–H groups in total. The topological polar surface area (TPSA) is 76.7 Å². The summed E-state index contributed by atoms with van der Waals surface area (Å²) in [7, 11) is 1.61. The molecule has 0 aliphatic rings. The Morgan fingerprint density at radius 2 is 1.41 bits per heavy atom. The third-order valence-electron chi connectivity index (χ3n) is 5.66. The van der Waals surface area contributed by atoms with Crippen LogP contribution in [0.15, 0.2) is 84.9 Å².